The molecule has 2 unspecified atom stereocenters. The summed E-state index contributed by atoms with van der Waals surface area (Å²) in [5.74, 6) is 0.845. The Kier molecular flexibility index (Phi) is 3.72. The highest BCUT2D eigenvalue weighted by atomic mass is 16.3. The summed E-state index contributed by atoms with van der Waals surface area (Å²) in [6.07, 6.45) is 2.18. The minimum atomic E-state index is -0.372. The number of benzene rings is 1. The number of piperidine rings is 1. The van der Waals surface area contributed by atoms with Crippen LogP contribution in [0.3, 0.4) is 0 Å². The number of aliphatic hydroxyl groups excluding tert-OH is 1. The molecule has 94 valence electrons. The van der Waals surface area contributed by atoms with E-state index in [0.717, 1.165) is 18.0 Å². The summed E-state index contributed by atoms with van der Waals surface area (Å²) in [7, 11) is 0. The van der Waals surface area contributed by atoms with E-state index in [1.807, 2.05) is 12.1 Å². The van der Waals surface area contributed by atoms with Crippen molar-refractivity contribution in [1.29, 1.82) is 0 Å². The average molecular weight is 233 g/mol. The first kappa shape index (κ1) is 12.4. The van der Waals surface area contributed by atoms with Crippen molar-refractivity contribution in [2.45, 2.75) is 45.8 Å². The Morgan fingerprint density at radius 3 is 2.41 bits per heavy atom. The lowest BCUT2D eigenvalue weighted by molar-refractivity contribution is 0.199. The summed E-state index contributed by atoms with van der Waals surface area (Å²) >= 11 is 0. The van der Waals surface area contributed by atoms with Gasteiger partial charge in [0, 0.05) is 18.3 Å². The summed E-state index contributed by atoms with van der Waals surface area (Å²) in [4.78, 5) is 2.48. The zero-order valence-electron chi connectivity index (χ0n) is 11.1. The third kappa shape index (κ3) is 2.81. The van der Waals surface area contributed by atoms with E-state index in [0.29, 0.717) is 6.04 Å². The van der Waals surface area contributed by atoms with Crippen molar-refractivity contribution in [3.05, 3.63) is 29.8 Å². The first-order valence-corrected chi connectivity index (χ1v) is 6.62. The molecule has 1 aliphatic heterocycles. The quantitative estimate of drug-likeness (QED) is 0.846. The van der Waals surface area contributed by atoms with Gasteiger partial charge in [-0.1, -0.05) is 19.1 Å². The van der Waals surface area contributed by atoms with Crippen molar-refractivity contribution >= 4 is 5.69 Å². The van der Waals surface area contributed by atoms with Crippen LogP contribution < -0.4 is 4.90 Å². The van der Waals surface area contributed by atoms with Crippen LogP contribution in [-0.4, -0.2) is 17.7 Å². The molecule has 0 saturated carbocycles. The van der Waals surface area contributed by atoms with Gasteiger partial charge in [-0.05, 0) is 50.3 Å². The van der Waals surface area contributed by atoms with Gasteiger partial charge in [0.15, 0.2) is 0 Å². The molecule has 1 saturated heterocycles. The van der Waals surface area contributed by atoms with E-state index in [2.05, 4.69) is 30.9 Å². The van der Waals surface area contributed by atoms with Gasteiger partial charge in [-0.15, -0.1) is 0 Å². The highest BCUT2D eigenvalue weighted by Crippen LogP contribution is 2.28. The Bertz CT molecular complexity index is 358. The molecule has 1 N–H and O–H groups in total. The minimum Gasteiger partial charge on any atom is -0.389 e. The highest BCUT2D eigenvalue weighted by Gasteiger charge is 2.22. The Morgan fingerprint density at radius 1 is 1.24 bits per heavy atom. The monoisotopic (exact) mass is 233 g/mol. The van der Waals surface area contributed by atoms with Crippen LogP contribution in [0.25, 0.3) is 0 Å². The van der Waals surface area contributed by atoms with E-state index in [1.54, 1.807) is 6.92 Å². The summed E-state index contributed by atoms with van der Waals surface area (Å²) < 4.78 is 0. The van der Waals surface area contributed by atoms with Crippen LogP contribution in [-0.2, 0) is 0 Å². The van der Waals surface area contributed by atoms with E-state index in [1.165, 1.54) is 18.5 Å². The number of aliphatic hydroxyl groups is 1. The van der Waals surface area contributed by atoms with Gasteiger partial charge >= 0.3 is 0 Å². The second-order valence-electron chi connectivity index (χ2n) is 5.44. The molecule has 17 heavy (non-hydrogen) atoms. The molecular formula is C15H23NO. The van der Waals surface area contributed by atoms with Crippen LogP contribution >= 0.6 is 0 Å². The first-order valence-electron chi connectivity index (χ1n) is 6.62. The lowest BCUT2D eigenvalue weighted by Crippen LogP contribution is -2.40. The second-order valence-corrected chi connectivity index (χ2v) is 5.44. The molecule has 0 aliphatic carbocycles. The van der Waals surface area contributed by atoms with Crippen molar-refractivity contribution in [2.24, 2.45) is 5.92 Å². The lowest BCUT2D eigenvalue weighted by Gasteiger charge is -2.38. The van der Waals surface area contributed by atoms with E-state index in [-0.39, 0.29) is 6.10 Å². The third-order valence-electron chi connectivity index (χ3n) is 3.85. The van der Waals surface area contributed by atoms with Crippen molar-refractivity contribution in [1.82, 2.24) is 0 Å². The molecule has 1 aliphatic rings. The van der Waals surface area contributed by atoms with Crippen LogP contribution in [0.4, 0.5) is 5.69 Å². The second kappa shape index (κ2) is 5.09. The van der Waals surface area contributed by atoms with Crippen LogP contribution in [0.5, 0.6) is 0 Å². The van der Waals surface area contributed by atoms with Gasteiger partial charge in [0.2, 0.25) is 0 Å². The molecule has 2 nitrogen and oxygen atoms in total. The molecular weight excluding hydrogens is 210 g/mol. The smallest absolute Gasteiger partial charge is 0.0761 e. The molecule has 2 heteroatoms. The van der Waals surface area contributed by atoms with Gasteiger partial charge in [-0.2, -0.15) is 0 Å². The van der Waals surface area contributed by atoms with Crippen molar-refractivity contribution in [3.63, 3.8) is 0 Å². The van der Waals surface area contributed by atoms with Crippen LogP contribution in [0, 0.1) is 5.92 Å². The Balaban J connectivity index is 2.11. The molecule has 0 amide bonds. The third-order valence-corrected chi connectivity index (χ3v) is 3.85. The number of hydrogen-bond donors (Lipinski definition) is 1. The lowest BCUT2D eigenvalue weighted by atomic mass is 9.93. The van der Waals surface area contributed by atoms with Gasteiger partial charge in [-0.3, -0.25) is 0 Å². The fourth-order valence-electron chi connectivity index (χ4n) is 2.74. The van der Waals surface area contributed by atoms with E-state index >= 15 is 0 Å². The van der Waals surface area contributed by atoms with Gasteiger partial charge < -0.3 is 10.0 Å². The maximum Gasteiger partial charge on any atom is 0.0761 e. The van der Waals surface area contributed by atoms with E-state index < -0.39 is 0 Å². The van der Waals surface area contributed by atoms with E-state index in [4.69, 9.17) is 0 Å². The fraction of sp³-hybridized carbons (Fsp3) is 0.600. The molecule has 1 fully saturated rings. The standard InChI is InChI=1S/C15H23NO/c1-11-8-9-16(12(2)10-11)15-6-4-14(5-7-15)13(3)17/h4-7,11-13,17H,8-10H2,1-3H3/t11?,12?,13-/m1/s1. The highest BCUT2D eigenvalue weighted by molar-refractivity contribution is 5.49. The van der Waals surface area contributed by atoms with Gasteiger partial charge in [-0.25, -0.2) is 0 Å². The minimum absolute atomic E-state index is 0.372. The number of rotatable bonds is 2. The maximum atomic E-state index is 9.50. The Morgan fingerprint density at radius 2 is 1.88 bits per heavy atom. The summed E-state index contributed by atoms with van der Waals surface area (Å²) in [6.45, 7) is 7.60. The van der Waals surface area contributed by atoms with Gasteiger partial charge in [0.05, 0.1) is 6.10 Å². The average Bonchev–Trinajstić information content (AvgIpc) is 2.29. The fourth-order valence-corrected chi connectivity index (χ4v) is 2.74. The molecule has 0 bridgehead atoms. The molecule has 3 atom stereocenters. The van der Waals surface area contributed by atoms with Crippen molar-refractivity contribution in [2.75, 3.05) is 11.4 Å². The van der Waals surface area contributed by atoms with Crippen molar-refractivity contribution < 1.29 is 5.11 Å². The number of nitrogens with zero attached hydrogens (tertiary/aromatic N) is 1. The van der Waals surface area contributed by atoms with Crippen molar-refractivity contribution in [3.8, 4) is 0 Å². The molecule has 0 spiro atoms. The number of anilines is 1. The zero-order chi connectivity index (χ0) is 12.4. The Labute approximate surface area is 104 Å². The number of hydrogen-bond acceptors (Lipinski definition) is 2. The Hall–Kier alpha value is -1.02. The molecule has 0 radical (unpaired) electrons. The van der Waals surface area contributed by atoms with E-state index in [9.17, 15) is 5.11 Å². The molecule has 2 rings (SSSR count). The zero-order valence-corrected chi connectivity index (χ0v) is 11.1. The van der Waals surface area contributed by atoms with Gasteiger partial charge in [0.25, 0.3) is 0 Å². The maximum absolute atomic E-state index is 9.50. The summed E-state index contributed by atoms with van der Waals surface area (Å²) in [5, 5.41) is 9.50. The van der Waals surface area contributed by atoms with Crippen LogP contribution in [0.1, 0.15) is 45.3 Å². The molecule has 1 aromatic rings. The normalized spacial score (nSPS) is 26.9. The summed E-state index contributed by atoms with van der Waals surface area (Å²) in [5.41, 5.74) is 2.28. The summed E-state index contributed by atoms with van der Waals surface area (Å²) in [6, 6.07) is 8.95. The predicted octanol–water partition coefficient (Wildman–Crippen LogP) is 3.36. The topological polar surface area (TPSA) is 23.5 Å². The predicted molar refractivity (Wildman–Crippen MR) is 72.3 cm³/mol. The largest absolute Gasteiger partial charge is 0.389 e. The van der Waals surface area contributed by atoms with Crippen LogP contribution in [0.2, 0.25) is 0 Å². The molecule has 0 aromatic heterocycles. The SMILES string of the molecule is CC1CCN(c2ccc([C@@H](C)O)cc2)C(C)C1. The first-order chi connectivity index (χ1) is 8.08. The molecule has 1 heterocycles. The molecule has 1 aromatic carbocycles. The van der Waals surface area contributed by atoms with Gasteiger partial charge in [0.1, 0.15) is 0 Å². The van der Waals surface area contributed by atoms with Crippen LogP contribution in [0.15, 0.2) is 24.3 Å².